The van der Waals surface area contributed by atoms with E-state index in [4.69, 9.17) is 9.84 Å². The fourth-order valence-electron chi connectivity index (χ4n) is 1.49. The average molecular weight is 310 g/mol. The van der Waals surface area contributed by atoms with E-state index in [9.17, 15) is 14.4 Å². The number of ether oxygens (including phenoxy) is 2. The molecule has 1 atom stereocenters. The molecular formula is C14H18N2O6. The summed E-state index contributed by atoms with van der Waals surface area (Å²) < 4.78 is 9.30. The van der Waals surface area contributed by atoms with Crippen LogP contribution in [0.3, 0.4) is 0 Å². The Morgan fingerprint density at radius 2 is 1.91 bits per heavy atom. The predicted octanol–water partition coefficient (Wildman–Crippen LogP) is -0.437. The number of alkyl carbamates (subject to hydrolysis) is 1. The van der Waals surface area contributed by atoms with Gasteiger partial charge in [0.2, 0.25) is 5.91 Å². The lowest BCUT2D eigenvalue weighted by Gasteiger charge is -2.14. The minimum atomic E-state index is -1.17. The highest BCUT2D eigenvalue weighted by atomic mass is 16.5. The molecular weight excluding hydrogens is 292 g/mol. The Hall–Kier alpha value is -2.61. The van der Waals surface area contributed by atoms with Crippen molar-refractivity contribution in [1.29, 1.82) is 0 Å². The maximum atomic E-state index is 11.5. The molecule has 0 aromatic heterocycles. The molecule has 2 amide bonds. The van der Waals surface area contributed by atoms with Gasteiger partial charge in [0.15, 0.2) is 6.04 Å². The zero-order valence-electron chi connectivity index (χ0n) is 12.1. The first-order chi connectivity index (χ1) is 10.6. The summed E-state index contributed by atoms with van der Waals surface area (Å²) in [4.78, 5) is 34.1. The van der Waals surface area contributed by atoms with Crippen molar-refractivity contribution >= 4 is 18.0 Å². The van der Waals surface area contributed by atoms with Gasteiger partial charge in [0.1, 0.15) is 13.2 Å². The molecule has 3 N–H and O–H groups in total. The molecule has 0 aliphatic heterocycles. The minimum Gasteiger partial charge on any atom is -0.467 e. The summed E-state index contributed by atoms with van der Waals surface area (Å²) in [5, 5.41) is 13.4. The number of hydrogen-bond donors (Lipinski definition) is 3. The first-order valence-electron chi connectivity index (χ1n) is 6.49. The van der Waals surface area contributed by atoms with E-state index < -0.39 is 30.6 Å². The molecule has 0 spiro atoms. The van der Waals surface area contributed by atoms with Crippen molar-refractivity contribution in [3.63, 3.8) is 0 Å². The summed E-state index contributed by atoms with van der Waals surface area (Å²) >= 11 is 0. The lowest BCUT2D eigenvalue weighted by Crippen LogP contribution is -2.47. The normalized spacial score (nSPS) is 11.2. The molecule has 1 aromatic rings. The summed E-state index contributed by atoms with van der Waals surface area (Å²) in [6, 6.07) is 7.88. The molecule has 1 unspecified atom stereocenters. The maximum Gasteiger partial charge on any atom is 0.407 e. The quantitative estimate of drug-likeness (QED) is 0.589. The lowest BCUT2D eigenvalue weighted by molar-refractivity contribution is -0.146. The molecule has 120 valence electrons. The molecule has 0 saturated heterocycles. The van der Waals surface area contributed by atoms with Crippen LogP contribution in [0.5, 0.6) is 0 Å². The van der Waals surface area contributed by atoms with Gasteiger partial charge in [0, 0.05) is 0 Å². The molecule has 0 saturated carbocycles. The first kappa shape index (κ1) is 17.4. The Kier molecular flexibility index (Phi) is 7.41. The van der Waals surface area contributed by atoms with E-state index in [0.717, 1.165) is 12.7 Å². The number of carbonyl (C=O) groups is 3. The van der Waals surface area contributed by atoms with E-state index in [2.05, 4.69) is 15.4 Å². The zero-order valence-corrected chi connectivity index (χ0v) is 12.1. The van der Waals surface area contributed by atoms with E-state index >= 15 is 0 Å². The predicted molar refractivity (Wildman–Crippen MR) is 75.7 cm³/mol. The molecule has 0 aliphatic carbocycles. The number of nitrogens with one attached hydrogen (secondary N) is 2. The standard InChI is InChI=1S/C14H18N2O6/c1-21-13(19)11(8-17)16-12(18)7-15-14(20)22-9-10-5-3-2-4-6-10/h2-6,11,17H,7-9H2,1H3,(H,15,20)(H,16,18). The third kappa shape index (κ3) is 6.23. The van der Waals surface area contributed by atoms with E-state index in [1.807, 2.05) is 18.2 Å². The lowest BCUT2D eigenvalue weighted by atomic mass is 10.2. The number of amides is 2. The second-order valence-corrected chi connectivity index (χ2v) is 4.24. The SMILES string of the molecule is COC(=O)C(CO)NC(=O)CNC(=O)OCc1ccccc1. The number of hydrogen-bond acceptors (Lipinski definition) is 6. The van der Waals surface area contributed by atoms with Gasteiger partial charge in [0.05, 0.1) is 13.7 Å². The van der Waals surface area contributed by atoms with Crippen molar-refractivity contribution in [1.82, 2.24) is 10.6 Å². The summed E-state index contributed by atoms with van der Waals surface area (Å²) in [6.07, 6.45) is -0.766. The Balaban J connectivity index is 2.28. The van der Waals surface area contributed by atoms with Gasteiger partial charge in [-0.3, -0.25) is 4.79 Å². The van der Waals surface area contributed by atoms with Gasteiger partial charge in [-0.1, -0.05) is 30.3 Å². The van der Waals surface area contributed by atoms with Crippen LogP contribution in [0.1, 0.15) is 5.56 Å². The summed E-state index contributed by atoms with van der Waals surface area (Å²) in [6.45, 7) is -0.909. The number of methoxy groups -OCH3 is 1. The third-order valence-corrected chi connectivity index (χ3v) is 2.61. The molecule has 1 aromatic carbocycles. The van der Waals surface area contributed by atoms with Crippen LogP contribution >= 0.6 is 0 Å². The number of benzene rings is 1. The Bertz CT molecular complexity index is 505. The monoisotopic (exact) mass is 310 g/mol. The molecule has 0 bridgehead atoms. The molecule has 22 heavy (non-hydrogen) atoms. The van der Waals surface area contributed by atoms with Crippen LogP contribution < -0.4 is 10.6 Å². The number of carbonyl (C=O) groups excluding carboxylic acids is 3. The van der Waals surface area contributed by atoms with Crippen LogP contribution in [0.2, 0.25) is 0 Å². The molecule has 8 heteroatoms. The number of esters is 1. The second-order valence-electron chi connectivity index (χ2n) is 4.24. The van der Waals surface area contributed by atoms with Crippen LogP contribution in [0.4, 0.5) is 4.79 Å². The van der Waals surface area contributed by atoms with Crippen LogP contribution in [-0.4, -0.2) is 49.4 Å². The van der Waals surface area contributed by atoms with Gasteiger partial charge >= 0.3 is 12.1 Å². The topological polar surface area (TPSA) is 114 Å². The van der Waals surface area contributed by atoms with Gasteiger partial charge < -0.3 is 25.2 Å². The first-order valence-corrected chi connectivity index (χ1v) is 6.49. The van der Waals surface area contributed by atoms with Crippen LogP contribution in [0, 0.1) is 0 Å². The highest BCUT2D eigenvalue weighted by Crippen LogP contribution is 2.00. The van der Waals surface area contributed by atoms with E-state index in [1.54, 1.807) is 12.1 Å². The number of rotatable bonds is 7. The van der Waals surface area contributed by atoms with Gasteiger partial charge in [-0.15, -0.1) is 0 Å². The highest BCUT2D eigenvalue weighted by Gasteiger charge is 2.20. The van der Waals surface area contributed by atoms with E-state index in [-0.39, 0.29) is 13.2 Å². The molecule has 0 heterocycles. The zero-order chi connectivity index (χ0) is 16.4. The molecule has 8 nitrogen and oxygen atoms in total. The number of aliphatic hydroxyl groups is 1. The van der Waals surface area contributed by atoms with Crippen molar-refractivity contribution < 1.29 is 29.0 Å². The smallest absolute Gasteiger partial charge is 0.407 e. The van der Waals surface area contributed by atoms with Crippen molar-refractivity contribution in [3.8, 4) is 0 Å². The van der Waals surface area contributed by atoms with Gasteiger partial charge in [-0.2, -0.15) is 0 Å². The van der Waals surface area contributed by atoms with Crippen LogP contribution in [-0.2, 0) is 25.7 Å². The summed E-state index contributed by atoms with van der Waals surface area (Å²) in [5.74, 6) is -1.43. The second kappa shape index (κ2) is 9.35. The van der Waals surface area contributed by atoms with Crippen molar-refractivity contribution in [2.75, 3.05) is 20.3 Å². The van der Waals surface area contributed by atoms with Crippen molar-refractivity contribution in [2.45, 2.75) is 12.6 Å². The third-order valence-electron chi connectivity index (χ3n) is 2.61. The van der Waals surface area contributed by atoms with E-state index in [1.165, 1.54) is 0 Å². The summed E-state index contributed by atoms with van der Waals surface area (Å²) in [7, 11) is 1.14. The van der Waals surface area contributed by atoms with E-state index in [0.29, 0.717) is 0 Å². The molecule has 0 aliphatic rings. The molecule has 0 fully saturated rings. The minimum absolute atomic E-state index is 0.0791. The Morgan fingerprint density at radius 1 is 1.23 bits per heavy atom. The fourth-order valence-corrected chi connectivity index (χ4v) is 1.49. The fraction of sp³-hybridized carbons (Fsp3) is 0.357. The average Bonchev–Trinajstić information content (AvgIpc) is 2.56. The largest absolute Gasteiger partial charge is 0.467 e. The van der Waals surface area contributed by atoms with Gasteiger partial charge in [0.25, 0.3) is 0 Å². The van der Waals surface area contributed by atoms with Crippen molar-refractivity contribution in [2.24, 2.45) is 0 Å². The van der Waals surface area contributed by atoms with Crippen LogP contribution in [0.15, 0.2) is 30.3 Å². The van der Waals surface area contributed by atoms with Gasteiger partial charge in [-0.05, 0) is 5.56 Å². The van der Waals surface area contributed by atoms with Crippen LogP contribution in [0.25, 0.3) is 0 Å². The molecule has 1 rings (SSSR count). The Labute approximate surface area is 127 Å². The molecule has 0 radical (unpaired) electrons. The highest BCUT2D eigenvalue weighted by molar-refractivity contribution is 5.87. The van der Waals surface area contributed by atoms with Gasteiger partial charge in [-0.25, -0.2) is 9.59 Å². The summed E-state index contributed by atoms with van der Waals surface area (Å²) in [5.41, 5.74) is 0.813. The number of aliphatic hydroxyl groups excluding tert-OH is 1. The van der Waals surface area contributed by atoms with Crippen molar-refractivity contribution in [3.05, 3.63) is 35.9 Å². The Morgan fingerprint density at radius 3 is 2.50 bits per heavy atom. The maximum absolute atomic E-state index is 11.5.